The summed E-state index contributed by atoms with van der Waals surface area (Å²) in [4.78, 5) is 11.8. The lowest BCUT2D eigenvalue weighted by atomic mass is 10.1. The molecule has 8 nitrogen and oxygen atoms in total. The van der Waals surface area contributed by atoms with Gasteiger partial charge in [0.2, 0.25) is 0 Å². The first-order valence-electron chi connectivity index (χ1n) is 9.72. The number of likely N-dealkylation sites (tertiary alicyclic amines) is 1. The maximum atomic E-state index is 13.3. The second-order valence-electron chi connectivity index (χ2n) is 7.29. The van der Waals surface area contributed by atoms with Gasteiger partial charge in [-0.1, -0.05) is 18.2 Å². The fourth-order valence-corrected chi connectivity index (χ4v) is 5.17. The number of piperidine rings is 1. The van der Waals surface area contributed by atoms with E-state index < -0.39 is 21.1 Å². The summed E-state index contributed by atoms with van der Waals surface area (Å²) in [7, 11) is -3.93. The third kappa shape index (κ3) is 5.91. The number of halogens is 1. The molecule has 2 aromatic carbocycles. The van der Waals surface area contributed by atoms with Crippen LogP contribution in [0.1, 0.15) is 19.3 Å². The van der Waals surface area contributed by atoms with E-state index in [0.29, 0.717) is 6.54 Å². The van der Waals surface area contributed by atoms with Gasteiger partial charge in [0.15, 0.2) is 0 Å². The molecule has 0 saturated carbocycles. The molecule has 1 aliphatic rings. The highest BCUT2D eigenvalue weighted by Gasteiger charge is 2.29. The van der Waals surface area contributed by atoms with Gasteiger partial charge >= 0.3 is 0 Å². The molecule has 0 amide bonds. The molecule has 2 N–H and O–H groups in total. The van der Waals surface area contributed by atoms with Crippen molar-refractivity contribution < 1.29 is 35.8 Å². The zero-order valence-electron chi connectivity index (χ0n) is 16.5. The quantitative estimate of drug-likeness (QED) is 0.362. The monoisotopic (exact) mass is 455 g/mol. The molecule has 2 aromatic rings. The van der Waals surface area contributed by atoms with E-state index in [2.05, 4.69) is 0 Å². The smallest absolute Gasteiger partial charge is 0.269 e. The van der Waals surface area contributed by atoms with Crippen LogP contribution in [0.2, 0.25) is 0 Å². The third-order valence-corrected chi connectivity index (χ3v) is 6.95. The number of nitro groups is 1. The van der Waals surface area contributed by atoms with Crippen LogP contribution < -0.4 is 21.6 Å². The van der Waals surface area contributed by atoms with Crippen LogP contribution in [0, 0.1) is 10.1 Å². The van der Waals surface area contributed by atoms with E-state index in [9.17, 15) is 23.6 Å². The van der Waals surface area contributed by atoms with Crippen LogP contribution >= 0.6 is 0 Å². The Morgan fingerprint density at radius 2 is 1.63 bits per heavy atom. The Kier molecular flexibility index (Phi) is 8.60. The molecular weight excluding hydrogens is 430 g/mol. The maximum Gasteiger partial charge on any atom is 0.269 e. The average molecular weight is 456 g/mol. The van der Waals surface area contributed by atoms with Crippen molar-refractivity contribution in [3.63, 3.8) is 0 Å². The second kappa shape index (κ2) is 10.7. The predicted octanol–water partition coefficient (Wildman–Crippen LogP) is -1.78. The lowest BCUT2D eigenvalue weighted by Crippen LogP contribution is -3.14. The van der Waals surface area contributed by atoms with Crippen molar-refractivity contribution in [3.8, 4) is 0 Å². The van der Waals surface area contributed by atoms with E-state index in [1.54, 1.807) is 18.2 Å². The number of hydrogen-bond acceptors (Lipinski definition) is 5. The molecule has 0 aliphatic carbocycles. The molecule has 0 spiro atoms. The molecule has 164 valence electrons. The van der Waals surface area contributed by atoms with Crippen molar-refractivity contribution in [3.05, 3.63) is 64.7 Å². The number of aliphatic hydroxyl groups is 1. The second-order valence-corrected chi connectivity index (χ2v) is 9.15. The van der Waals surface area contributed by atoms with Gasteiger partial charge in [0, 0.05) is 12.1 Å². The summed E-state index contributed by atoms with van der Waals surface area (Å²) in [5.41, 5.74) is 0.163. The topological polar surface area (TPSA) is 105 Å². The number of rotatable bonds is 8. The summed E-state index contributed by atoms with van der Waals surface area (Å²) in [5, 5.41) is 21.6. The van der Waals surface area contributed by atoms with Gasteiger partial charge in [0.1, 0.15) is 12.6 Å². The zero-order chi connectivity index (χ0) is 20.9. The summed E-state index contributed by atoms with van der Waals surface area (Å²) < 4.78 is 27.6. The van der Waals surface area contributed by atoms with E-state index >= 15 is 0 Å². The van der Waals surface area contributed by atoms with E-state index in [1.807, 2.05) is 0 Å². The molecule has 1 aliphatic heterocycles. The molecule has 30 heavy (non-hydrogen) atoms. The fourth-order valence-electron chi connectivity index (χ4n) is 3.65. The van der Waals surface area contributed by atoms with E-state index in [-0.39, 0.29) is 35.2 Å². The van der Waals surface area contributed by atoms with E-state index in [4.69, 9.17) is 0 Å². The minimum absolute atomic E-state index is 0. The molecule has 10 heteroatoms. The number of quaternary nitrogens is 1. The first kappa shape index (κ1) is 24.1. The van der Waals surface area contributed by atoms with Gasteiger partial charge in [0.25, 0.3) is 15.7 Å². The number of nitro benzene ring substituents is 1. The van der Waals surface area contributed by atoms with Gasteiger partial charge in [-0.3, -0.25) is 14.4 Å². The maximum absolute atomic E-state index is 13.3. The standard InChI is InChI=1S/C20H25N3O5S.ClH/c24-19(15-21-13-5-2-6-14-21)16-22(17-9-11-18(12-10-17)23(25)26)29(27,28)20-7-3-1-4-8-20;/h1,3-4,7-12,19,24H,2,5-6,13-16H2;1H. The number of nitrogens with one attached hydrogen (secondary N) is 1. The van der Waals surface area contributed by atoms with Crippen molar-refractivity contribution in [1.29, 1.82) is 0 Å². The molecule has 1 fully saturated rings. The fraction of sp³-hybridized carbons (Fsp3) is 0.400. The average Bonchev–Trinajstić information content (AvgIpc) is 2.73. The zero-order valence-corrected chi connectivity index (χ0v) is 18.1. The first-order valence-corrected chi connectivity index (χ1v) is 11.2. The van der Waals surface area contributed by atoms with Crippen molar-refractivity contribution in [1.82, 2.24) is 0 Å². The van der Waals surface area contributed by atoms with Gasteiger partial charge < -0.3 is 22.4 Å². The Morgan fingerprint density at radius 1 is 1.03 bits per heavy atom. The Morgan fingerprint density at radius 3 is 2.20 bits per heavy atom. The third-order valence-electron chi connectivity index (χ3n) is 5.14. The minimum Gasteiger partial charge on any atom is -1.00 e. The Bertz CT molecular complexity index is 919. The van der Waals surface area contributed by atoms with Crippen LogP contribution in [-0.2, 0) is 10.0 Å². The van der Waals surface area contributed by atoms with Crippen molar-refractivity contribution in [2.75, 3.05) is 30.5 Å². The molecule has 0 bridgehead atoms. The summed E-state index contributed by atoms with van der Waals surface area (Å²) in [6.45, 7) is 2.30. The highest BCUT2D eigenvalue weighted by Crippen LogP contribution is 2.26. The minimum atomic E-state index is -3.93. The molecule has 1 unspecified atom stereocenters. The lowest BCUT2D eigenvalue weighted by molar-refractivity contribution is -0.907. The van der Waals surface area contributed by atoms with E-state index in [0.717, 1.165) is 30.2 Å². The number of benzene rings is 2. The number of non-ortho nitro benzene ring substituents is 1. The highest BCUT2D eigenvalue weighted by atomic mass is 35.5. The van der Waals surface area contributed by atoms with Crippen molar-refractivity contribution in [2.45, 2.75) is 30.3 Å². The largest absolute Gasteiger partial charge is 1.00 e. The van der Waals surface area contributed by atoms with Gasteiger partial charge in [-0.15, -0.1) is 0 Å². The van der Waals surface area contributed by atoms with Crippen LogP contribution in [-0.4, -0.2) is 50.7 Å². The first-order chi connectivity index (χ1) is 13.9. The van der Waals surface area contributed by atoms with Crippen LogP contribution in [0.5, 0.6) is 0 Å². The summed E-state index contributed by atoms with van der Waals surface area (Å²) in [6.07, 6.45) is 2.56. The number of hydrogen-bond donors (Lipinski definition) is 2. The molecule has 3 rings (SSSR count). The van der Waals surface area contributed by atoms with Crippen LogP contribution in [0.3, 0.4) is 0 Å². The van der Waals surface area contributed by atoms with E-state index in [1.165, 1.54) is 47.7 Å². The SMILES string of the molecule is O=[N+]([O-])c1ccc(N(CC(O)C[NH+]2CCCCC2)S(=O)(=O)c2ccccc2)cc1.[Cl-]. The Hall–Kier alpha value is -2.20. The number of anilines is 1. The number of aliphatic hydroxyl groups excluding tert-OH is 1. The molecule has 0 aromatic heterocycles. The number of sulfonamides is 1. The molecular formula is C20H26ClN3O5S. The van der Waals surface area contributed by atoms with Gasteiger partial charge in [-0.2, -0.15) is 0 Å². The highest BCUT2D eigenvalue weighted by molar-refractivity contribution is 7.92. The predicted molar refractivity (Wildman–Crippen MR) is 109 cm³/mol. The molecule has 1 heterocycles. The molecule has 1 atom stereocenters. The van der Waals surface area contributed by atoms with Crippen molar-refractivity contribution in [2.24, 2.45) is 0 Å². The molecule has 1 saturated heterocycles. The lowest BCUT2D eigenvalue weighted by Gasteiger charge is -2.30. The Labute approximate surface area is 182 Å². The van der Waals surface area contributed by atoms with Gasteiger partial charge in [-0.05, 0) is 43.5 Å². The molecule has 0 radical (unpaired) electrons. The van der Waals surface area contributed by atoms with Crippen LogP contribution in [0.25, 0.3) is 0 Å². The number of nitrogens with zero attached hydrogens (tertiary/aromatic N) is 2. The summed E-state index contributed by atoms with van der Waals surface area (Å²) in [6, 6.07) is 13.3. The van der Waals surface area contributed by atoms with Gasteiger partial charge in [-0.25, -0.2) is 8.42 Å². The summed E-state index contributed by atoms with van der Waals surface area (Å²) >= 11 is 0. The van der Waals surface area contributed by atoms with Crippen molar-refractivity contribution >= 4 is 21.4 Å². The van der Waals surface area contributed by atoms with Crippen LogP contribution in [0.15, 0.2) is 59.5 Å². The summed E-state index contributed by atoms with van der Waals surface area (Å²) in [5.74, 6) is 0. The Balaban J connectivity index is 0.00000320. The van der Waals surface area contributed by atoms with Crippen LogP contribution in [0.4, 0.5) is 11.4 Å². The normalized spacial score (nSPS) is 15.8. The van der Waals surface area contributed by atoms with Gasteiger partial charge in [0.05, 0.1) is 35.1 Å².